The van der Waals surface area contributed by atoms with E-state index in [-0.39, 0.29) is 0 Å². The standard InChI is InChI=1S/C11H12BrNO2S/c1-14-11-10(12)5-9(16-11)7-13-6-8-3-2-4-15-8/h2-5,13H,6-7H2,1H3. The predicted molar refractivity (Wildman–Crippen MR) is 67.8 cm³/mol. The van der Waals surface area contributed by atoms with Crippen LogP contribution in [-0.2, 0) is 13.1 Å². The first-order valence-corrected chi connectivity index (χ1v) is 6.46. The van der Waals surface area contributed by atoms with Gasteiger partial charge in [-0.05, 0) is 34.1 Å². The van der Waals surface area contributed by atoms with Gasteiger partial charge >= 0.3 is 0 Å². The van der Waals surface area contributed by atoms with E-state index in [1.807, 2.05) is 12.1 Å². The Morgan fingerprint density at radius 3 is 3.00 bits per heavy atom. The maximum absolute atomic E-state index is 5.23. The fraction of sp³-hybridized carbons (Fsp3) is 0.273. The van der Waals surface area contributed by atoms with Crippen LogP contribution in [0.1, 0.15) is 10.6 Å². The second kappa shape index (κ2) is 5.52. The molecule has 2 aromatic rings. The molecule has 5 heteroatoms. The van der Waals surface area contributed by atoms with Gasteiger partial charge in [0.2, 0.25) is 0 Å². The van der Waals surface area contributed by atoms with Crippen LogP contribution in [0.5, 0.6) is 5.06 Å². The number of rotatable bonds is 5. The normalized spacial score (nSPS) is 10.6. The van der Waals surface area contributed by atoms with E-state index in [0.29, 0.717) is 0 Å². The lowest BCUT2D eigenvalue weighted by molar-refractivity contribution is 0.425. The number of methoxy groups -OCH3 is 1. The van der Waals surface area contributed by atoms with Gasteiger partial charge in [-0.15, -0.1) is 11.3 Å². The molecule has 0 fully saturated rings. The first-order chi connectivity index (χ1) is 7.79. The molecule has 0 aliphatic rings. The first-order valence-electron chi connectivity index (χ1n) is 4.85. The van der Waals surface area contributed by atoms with Gasteiger partial charge in [0, 0.05) is 11.4 Å². The van der Waals surface area contributed by atoms with Crippen molar-refractivity contribution in [1.82, 2.24) is 5.32 Å². The number of nitrogens with one attached hydrogen (secondary N) is 1. The minimum atomic E-state index is 0.741. The molecule has 1 N–H and O–H groups in total. The van der Waals surface area contributed by atoms with Crippen LogP contribution >= 0.6 is 27.3 Å². The van der Waals surface area contributed by atoms with E-state index in [1.165, 1.54) is 4.88 Å². The monoisotopic (exact) mass is 301 g/mol. The average Bonchev–Trinajstić information content (AvgIpc) is 2.88. The maximum atomic E-state index is 5.23. The molecule has 2 heterocycles. The van der Waals surface area contributed by atoms with Crippen molar-refractivity contribution in [3.8, 4) is 5.06 Å². The molecular formula is C11H12BrNO2S. The van der Waals surface area contributed by atoms with Crippen molar-refractivity contribution in [1.29, 1.82) is 0 Å². The van der Waals surface area contributed by atoms with Crippen LogP contribution in [0.15, 0.2) is 33.4 Å². The van der Waals surface area contributed by atoms with Gasteiger partial charge in [0.15, 0.2) is 5.06 Å². The molecular weight excluding hydrogens is 290 g/mol. The number of furan rings is 1. The third-order valence-electron chi connectivity index (χ3n) is 2.07. The summed E-state index contributed by atoms with van der Waals surface area (Å²) in [6.07, 6.45) is 1.68. The fourth-order valence-corrected chi connectivity index (χ4v) is 3.01. The van der Waals surface area contributed by atoms with Crippen molar-refractivity contribution in [2.45, 2.75) is 13.1 Å². The lowest BCUT2D eigenvalue weighted by Gasteiger charge is -1.99. The van der Waals surface area contributed by atoms with E-state index in [4.69, 9.17) is 9.15 Å². The van der Waals surface area contributed by atoms with Crippen LogP contribution in [0.4, 0.5) is 0 Å². The molecule has 16 heavy (non-hydrogen) atoms. The van der Waals surface area contributed by atoms with Gasteiger partial charge in [-0.25, -0.2) is 0 Å². The molecule has 0 aliphatic heterocycles. The van der Waals surface area contributed by atoms with Crippen LogP contribution in [0.25, 0.3) is 0 Å². The summed E-state index contributed by atoms with van der Waals surface area (Å²) < 4.78 is 11.4. The molecule has 0 aliphatic carbocycles. The molecule has 0 unspecified atom stereocenters. The number of hydrogen-bond donors (Lipinski definition) is 1. The number of halogens is 1. The average molecular weight is 302 g/mol. The largest absolute Gasteiger partial charge is 0.486 e. The molecule has 0 saturated carbocycles. The summed E-state index contributed by atoms with van der Waals surface area (Å²) in [6.45, 7) is 1.55. The molecule has 0 aromatic carbocycles. The summed E-state index contributed by atoms with van der Waals surface area (Å²) in [5.41, 5.74) is 0. The number of thiophene rings is 1. The molecule has 0 radical (unpaired) electrons. The van der Waals surface area contributed by atoms with Crippen LogP contribution in [0, 0.1) is 0 Å². The molecule has 3 nitrogen and oxygen atoms in total. The molecule has 2 aromatic heterocycles. The summed E-state index contributed by atoms with van der Waals surface area (Å²) in [4.78, 5) is 1.23. The lowest BCUT2D eigenvalue weighted by Crippen LogP contribution is -2.10. The molecule has 0 amide bonds. The van der Waals surface area contributed by atoms with E-state index in [0.717, 1.165) is 28.4 Å². The predicted octanol–water partition coefficient (Wildman–Crippen LogP) is 3.40. The molecule has 86 valence electrons. The molecule has 0 bridgehead atoms. The smallest absolute Gasteiger partial charge is 0.188 e. The van der Waals surface area contributed by atoms with E-state index in [1.54, 1.807) is 24.7 Å². The van der Waals surface area contributed by atoms with E-state index in [2.05, 4.69) is 27.3 Å². The summed E-state index contributed by atoms with van der Waals surface area (Å²) in [6, 6.07) is 5.92. The minimum absolute atomic E-state index is 0.741. The van der Waals surface area contributed by atoms with Crippen molar-refractivity contribution < 1.29 is 9.15 Å². The summed E-state index contributed by atoms with van der Waals surface area (Å²) in [7, 11) is 1.68. The Morgan fingerprint density at radius 1 is 1.50 bits per heavy atom. The Kier molecular flexibility index (Phi) is 4.04. The summed E-state index contributed by atoms with van der Waals surface area (Å²) in [5, 5.41) is 4.22. The second-order valence-electron chi connectivity index (χ2n) is 3.24. The highest BCUT2D eigenvalue weighted by molar-refractivity contribution is 9.10. The van der Waals surface area contributed by atoms with Crippen LogP contribution in [0.2, 0.25) is 0 Å². The highest BCUT2D eigenvalue weighted by Gasteiger charge is 2.06. The highest BCUT2D eigenvalue weighted by Crippen LogP contribution is 2.34. The van der Waals surface area contributed by atoms with Gasteiger partial charge < -0.3 is 14.5 Å². The van der Waals surface area contributed by atoms with Crippen molar-refractivity contribution in [3.63, 3.8) is 0 Å². The van der Waals surface area contributed by atoms with Gasteiger partial charge in [-0.1, -0.05) is 0 Å². The summed E-state index contributed by atoms with van der Waals surface area (Å²) in [5.74, 6) is 0.947. The highest BCUT2D eigenvalue weighted by atomic mass is 79.9. The molecule has 0 saturated heterocycles. The quantitative estimate of drug-likeness (QED) is 0.919. The lowest BCUT2D eigenvalue weighted by atomic mass is 10.4. The van der Waals surface area contributed by atoms with E-state index < -0.39 is 0 Å². The molecule has 0 spiro atoms. The van der Waals surface area contributed by atoms with Crippen LogP contribution in [-0.4, -0.2) is 7.11 Å². The van der Waals surface area contributed by atoms with Gasteiger partial charge in [0.25, 0.3) is 0 Å². The van der Waals surface area contributed by atoms with Gasteiger partial charge in [0.1, 0.15) is 5.76 Å². The Morgan fingerprint density at radius 2 is 2.38 bits per heavy atom. The third-order valence-corrected chi connectivity index (χ3v) is 4.02. The van der Waals surface area contributed by atoms with Crippen molar-refractivity contribution >= 4 is 27.3 Å². The minimum Gasteiger partial charge on any atom is -0.486 e. The topological polar surface area (TPSA) is 34.4 Å². The van der Waals surface area contributed by atoms with Crippen LogP contribution < -0.4 is 10.1 Å². The SMILES string of the molecule is COc1sc(CNCc2ccco2)cc1Br. The Hall–Kier alpha value is -0.780. The van der Waals surface area contributed by atoms with Gasteiger partial charge in [-0.3, -0.25) is 0 Å². The number of hydrogen-bond acceptors (Lipinski definition) is 4. The maximum Gasteiger partial charge on any atom is 0.188 e. The Labute approximate surface area is 107 Å². The van der Waals surface area contributed by atoms with Crippen LogP contribution in [0.3, 0.4) is 0 Å². The Bertz CT molecular complexity index is 439. The zero-order valence-electron chi connectivity index (χ0n) is 8.83. The zero-order chi connectivity index (χ0) is 11.4. The zero-order valence-corrected chi connectivity index (χ0v) is 11.2. The van der Waals surface area contributed by atoms with Crippen molar-refractivity contribution in [2.75, 3.05) is 7.11 Å². The summed E-state index contributed by atoms with van der Waals surface area (Å²) >= 11 is 5.08. The van der Waals surface area contributed by atoms with Crippen molar-refractivity contribution in [3.05, 3.63) is 39.6 Å². The Balaban J connectivity index is 1.85. The molecule has 2 rings (SSSR count). The molecule has 0 atom stereocenters. The van der Waals surface area contributed by atoms with E-state index in [9.17, 15) is 0 Å². The number of ether oxygens (including phenoxy) is 1. The fourth-order valence-electron chi connectivity index (χ4n) is 1.35. The van der Waals surface area contributed by atoms with Gasteiger partial charge in [0.05, 0.1) is 24.4 Å². The third kappa shape index (κ3) is 2.87. The van der Waals surface area contributed by atoms with Crippen molar-refractivity contribution in [2.24, 2.45) is 0 Å². The van der Waals surface area contributed by atoms with E-state index >= 15 is 0 Å². The van der Waals surface area contributed by atoms with Gasteiger partial charge in [-0.2, -0.15) is 0 Å². The second-order valence-corrected chi connectivity index (χ2v) is 5.19. The first kappa shape index (κ1) is 11.7.